The average molecular weight is 544 g/mol. The summed E-state index contributed by atoms with van der Waals surface area (Å²) in [4.78, 5) is 52.6. The van der Waals surface area contributed by atoms with Crippen molar-refractivity contribution in [3.63, 3.8) is 0 Å². The van der Waals surface area contributed by atoms with Gasteiger partial charge in [-0.05, 0) is 30.7 Å². The number of carbonyl (C=O) groups is 3. The number of fused-ring (bicyclic) bond motifs is 1. The van der Waals surface area contributed by atoms with Gasteiger partial charge in [0.1, 0.15) is 11.7 Å². The molecular formula is C19H25N7O10S. The minimum Gasteiger partial charge on any atom is -0.481 e. The van der Waals surface area contributed by atoms with Crippen LogP contribution in [0.4, 0.5) is 23.1 Å². The standard InChI is InChI=1S/C19H23N7O6.H2O4S/c20-19-25-15-14(17(30)26-19)23-11(8-22-15)7-21-10-3-1-9(2-4-10)16(29)24-12(18(31)32)5-6-13(27)28;1-5(2,3)4/h1-4,11-12,21,23H,5-8H2,(H,24,29)(H,27,28)(H,31,32)(H4,20,22,25,26,30);(H2,1,2,3,4)/t11-,12?;/m0./s1. The van der Waals surface area contributed by atoms with Crippen LogP contribution in [0.5, 0.6) is 0 Å². The number of carboxylic acid groups (broad SMARTS) is 2. The van der Waals surface area contributed by atoms with Crippen LogP contribution in [0.25, 0.3) is 0 Å². The summed E-state index contributed by atoms with van der Waals surface area (Å²) in [5.41, 5.74) is 6.40. The topological polar surface area (TPSA) is 286 Å². The lowest BCUT2D eigenvalue weighted by Gasteiger charge is -2.27. The average Bonchev–Trinajstić information content (AvgIpc) is 2.79. The van der Waals surface area contributed by atoms with E-state index in [0.717, 1.165) is 0 Å². The van der Waals surface area contributed by atoms with E-state index < -0.39 is 34.3 Å². The summed E-state index contributed by atoms with van der Waals surface area (Å²) in [6, 6.07) is 4.93. The van der Waals surface area contributed by atoms with E-state index in [1.807, 2.05) is 0 Å². The predicted octanol–water partition coefficient (Wildman–Crippen LogP) is -0.935. The van der Waals surface area contributed by atoms with Crippen molar-refractivity contribution in [2.45, 2.75) is 24.9 Å². The number of H-pyrrole nitrogens is 1. The molecular weight excluding hydrogens is 518 g/mol. The highest BCUT2D eigenvalue weighted by Crippen LogP contribution is 2.20. The minimum absolute atomic E-state index is 0.0281. The third kappa shape index (κ3) is 9.99. The van der Waals surface area contributed by atoms with E-state index in [-0.39, 0.29) is 36.0 Å². The van der Waals surface area contributed by atoms with Crippen LogP contribution in [-0.4, -0.2) is 80.7 Å². The van der Waals surface area contributed by atoms with Crippen molar-refractivity contribution in [3.05, 3.63) is 40.2 Å². The molecule has 0 fully saturated rings. The zero-order chi connectivity index (χ0) is 27.8. The molecule has 2 aromatic rings. The van der Waals surface area contributed by atoms with Crippen molar-refractivity contribution in [3.8, 4) is 0 Å². The molecule has 1 unspecified atom stereocenters. The van der Waals surface area contributed by atoms with Gasteiger partial charge in [0, 0.05) is 30.8 Å². The van der Waals surface area contributed by atoms with Gasteiger partial charge in [0.15, 0.2) is 5.82 Å². The molecule has 1 aromatic heterocycles. The molecule has 17 nitrogen and oxygen atoms in total. The van der Waals surface area contributed by atoms with Crippen LogP contribution < -0.4 is 32.6 Å². The van der Waals surface area contributed by atoms with Gasteiger partial charge in [-0.1, -0.05) is 0 Å². The molecule has 0 aliphatic carbocycles. The molecule has 0 saturated carbocycles. The van der Waals surface area contributed by atoms with Crippen molar-refractivity contribution in [2.24, 2.45) is 0 Å². The van der Waals surface area contributed by atoms with Gasteiger partial charge in [0.05, 0.1) is 6.04 Å². The molecule has 0 bridgehead atoms. The number of carbonyl (C=O) groups excluding carboxylic acids is 1. The molecule has 11 N–H and O–H groups in total. The first kappa shape index (κ1) is 28.8. The molecule has 0 radical (unpaired) electrons. The van der Waals surface area contributed by atoms with E-state index in [2.05, 4.69) is 31.2 Å². The van der Waals surface area contributed by atoms with Crippen LogP contribution in [0, 0.1) is 0 Å². The molecule has 202 valence electrons. The normalized spacial score (nSPS) is 14.9. The highest BCUT2D eigenvalue weighted by Gasteiger charge is 2.23. The number of amides is 1. The second kappa shape index (κ2) is 12.5. The molecule has 2 heterocycles. The Labute approximate surface area is 209 Å². The minimum atomic E-state index is -4.67. The van der Waals surface area contributed by atoms with Crippen molar-refractivity contribution in [2.75, 3.05) is 34.8 Å². The maximum Gasteiger partial charge on any atom is 0.394 e. The zero-order valence-electron chi connectivity index (χ0n) is 19.0. The molecule has 3 rings (SSSR count). The Morgan fingerprint density at radius 2 is 1.78 bits per heavy atom. The fraction of sp³-hybridized carbons (Fsp3) is 0.316. The number of aromatic amines is 1. The van der Waals surface area contributed by atoms with Gasteiger partial charge in [-0.2, -0.15) is 13.4 Å². The van der Waals surface area contributed by atoms with Gasteiger partial charge >= 0.3 is 22.3 Å². The van der Waals surface area contributed by atoms with Crippen molar-refractivity contribution < 1.29 is 42.1 Å². The number of rotatable bonds is 9. The first-order chi connectivity index (χ1) is 17.2. The smallest absolute Gasteiger partial charge is 0.394 e. The van der Waals surface area contributed by atoms with Gasteiger partial charge in [-0.15, -0.1) is 0 Å². The maximum atomic E-state index is 12.3. The number of hydrogen-bond acceptors (Lipinski definition) is 11. The molecule has 0 spiro atoms. The number of aromatic nitrogens is 2. The van der Waals surface area contributed by atoms with Crippen LogP contribution >= 0.6 is 0 Å². The Bertz CT molecular complexity index is 1290. The number of nitrogen functional groups attached to an aromatic ring is 1. The molecule has 1 aliphatic rings. The zero-order valence-corrected chi connectivity index (χ0v) is 19.8. The summed E-state index contributed by atoms with van der Waals surface area (Å²) in [5.74, 6) is -2.64. The van der Waals surface area contributed by atoms with Crippen LogP contribution in [0.2, 0.25) is 0 Å². The number of nitrogens with zero attached hydrogens (tertiary/aromatic N) is 1. The van der Waals surface area contributed by atoms with Gasteiger partial charge in [-0.25, -0.2) is 4.79 Å². The summed E-state index contributed by atoms with van der Waals surface area (Å²) in [6.07, 6.45) is -0.587. The molecule has 0 saturated heterocycles. The number of nitrogens with one attached hydrogen (secondary N) is 5. The third-order valence-electron chi connectivity index (χ3n) is 4.75. The lowest BCUT2D eigenvalue weighted by atomic mass is 10.1. The van der Waals surface area contributed by atoms with Gasteiger partial charge < -0.3 is 37.2 Å². The Kier molecular flexibility index (Phi) is 9.75. The van der Waals surface area contributed by atoms with E-state index in [9.17, 15) is 19.2 Å². The van der Waals surface area contributed by atoms with Gasteiger partial charge in [0.2, 0.25) is 5.95 Å². The Hall–Kier alpha value is -4.42. The quantitative estimate of drug-likeness (QED) is 0.171. The monoisotopic (exact) mass is 543 g/mol. The lowest BCUT2D eigenvalue weighted by molar-refractivity contribution is -0.140. The fourth-order valence-electron chi connectivity index (χ4n) is 3.10. The van der Waals surface area contributed by atoms with Crippen LogP contribution in [0.3, 0.4) is 0 Å². The molecule has 18 heteroatoms. The second-order valence-corrected chi connectivity index (χ2v) is 8.50. The lowest BCUT2D eigenvalue weighted by Crippen LogP contribution is -2.41. The van der Waals surface area contributed by atoms with Gasteiger partial charge in [0.25, 0.3) is 11.5 Å². The second-order valence-electron chi connectivity index (χ2n) is 7.60. The molecule has 2 atom stereocenters. The summed E-state index contributed by atoms with van der Waals surface area (Å²) in [7, 11) is -4.67. The first-order valence-electron chi connectivity index (χ1n) is 10.4. The van der Waals surface area contributed by atoms with Crippen LogP contribution in [-0.2, 0) is 20.0 Å². The number of hydrogen-bond donors (Lipinski definition) is 10. The third-order valence-corrected chi connectivity index (χ3v) is 4.75. The summed E-state index contributed by atoms with van der Waals surface area (Å²) in [5, 5.41) is 29.5. The van der Waals surface area contributed by atoms with E-state index >= 15 is 0 Å². The Morgan fingerprint density at radius 3 is 2.35 bits per heavy atom. The molecule has 1 aliphatic heterocycles. The van der Waals surface area contributed by atoms with E-state index in [4.69, 9.17) is 33.5 Å². The Balaban J connectivity index is 0.000000877. The predicted molar refractivity (Wildman–Crippen MR) is 130 cm³/mol. The van der Waals surface area contributed by atoms with E-state index in [1.54, 1.807) is 12.1 Å². The first-order valence-corrected chi connectivity index (χ1v) is 11.8. The number of aliphatic carboxylic acids is 2. The molecule has 37 heavy (non-hydrogen) atoms. The van der Waals surface area contributed by atoms with Crippen LogP contribution in [0.1, 0.15) is 23.2 Å². The molecule has 1 aromatic carbocycles. The highest BCUT2D eigenvalue weighted by molar-refractivity contribution is 7.79. The van der Waals surface area contributed by atoms with Gasteiger partial charge in [-0.3, -0.25) is 28.5 Å². The van der Waals surface area contributed by atoms with E-state index in [0.29, 0.717) is 30.3 Å². The fourth-order valence-corrected chi connectivity index (χ4v) is 3.10. The summed E-state index contributed by atoms with van der Waals surface area (Å²) in [6.45, 7) is 0.960. The Morgan fingerprint density at radius 1 is 1.16 bits per heavy atom. The highest BCUT2D eigenvalue weighted by atomic mass is 32.3. The van der Waals surface area contributed by atoms with Crippen LogP contribution in [0.15, 0.2) is 29.1 Å². The number of nitrogens with two attached hydrogens (primary N) is 1. The largest absolute Gasteiger partial charge is 0.481 e. The van der Waals surface area contributed by atoms with Crippen molar-refractivity contribution >= 4 is 51.4 Å². The maximum absolute atomic E-state index is 12.3. The van der Waals surface area contributed by atoms with Crippen molar-refractivity contribution in [1.29, 1.82) is 0 Å². The number of carboxylic acids is 2. The van der Waals surface area contributed by atoms with Crippen molar-refractivity contribution in [1.82, 2.24) is 15.3 Å². The summed E-state index contributed by atoms with van der Waals surface area (Å²) < 4.78 is 31.6. The SMILES string of the molecule is Nc1nc2c(c(=O)[nH]1)N[C@@H](CNc1ccc(C(=O)NC(CCC(=O)O)C(=O)O)cc1)CN2.O=S(=O)(O)O. The number of benzene rings is 1. The van der Waals surface area contributed by atoms with E-state index in [1.165, 1.54) is 12.1 Å². The summed E-state index contributed by atoms with van der Waals surface area (Å²) >= 11 is 0. The number of anilines is 4. The molecule has 1 amide bonds.